The molecule has 0 saturated carbocycles. The smallest absolute Gasteiger partial charge is 0.337 e. The first-order valence-electron chi connectivity index (χ1n) is 5.62. The number of halogens is 1. The van der Waals surface area contributed by atoms with Gasteiger partial charge in [-0.05, 0) is 25.1 Å². The summed E-state index contributed by atoms with van der Waals surface area (Å²) in [6.07, 6.45) is 0. The summed E-state index contributed by atoms with van der Waals surface area (Å²) in [7, 11) is 1.87. The summed E-state index contributed by atoms with van der Waals surface area (Å²) in [6, 6.07) is 5.25. The van der Waals surface area contributed by atoms with Gasteiger partial charge < -0.3 is 10.0 Å². The topological polar surface area (TPSA) is 53.4 Å². The Labute approximate surface area is 123 Å². The lowest BCUT2D eigenvalue weighted by Crippen LogP contribution is -2.19. The lowest BCUT2D eigenvalue weighted by Gasteiger charge is -2.20. The third-order valence-corrected chi connectivity index (χ3v) is 3.98. The highest BCUT2D eigenvalue weighted by Crippen LogP contribution is 2.25. The van der Waals surface area contributed by atoms with Gasteiger partial charge >= 0.3 is 5.97 Å². The van der Waals surface area contributed by atoms with Gasteiger partial charge in [0.2, 0.25) is 0 Å². The number of aryl methyl sites for hydroxylation is 1. The molecular weight excluding hydrogens is 328 g/mol. The molecule has 0 unspecified atom stereocenters. The Hall–Kier alpha value is -1.40. The third-order valence-electron chi connectivity index (χ3n) is 2.67. The maximum atomic E-state index is 11.3. The van der Waals surface area contributed by atoms with Crippen LogP contribution in [0.5, 0.6) is 0 Å². The molecule has 2 rings (SSSR count). The maximum Gasteiger partial charge on any atom is 0.337 e. The lowest BCUT2D eigenvalue weighted by atomic mass is 10.1. The monoisotopic (exact) mass is 340 g/mol. The SMILES string of the molecule is Cc1nc(CN(C)c2ccc(Br)cc2C(=O)O)cs1. The van der Waals surface area contributed by atoms with E-state index in [0.29, 0.717) is 12.2 Å². The highest BCUT2D eigenvalue weighted by Gasteiger charge is 2.14. The van der Waals surface area contributed by atoms with Crippen molar-refractivity contribution in [3.63, 3.8) is 0 Å². The van der Waals surface area contributed by atoms with E-state index in [4.69, 9.17) is 0 Å². The molecule has 0 aliphatic rings. The number of carbonyl (C=O) groups is 1. The second kappa shape index (κ2) is 5.71. The summed E-state index contributed by atoms with van der Waals surface area (Å²) >= 11 is 4.88. The number of anilines is 1. The first-order chi connectivity index (χ1) is 8.97. The number of benzene rings is 1. The van der Waals surface area contributed by atoms with Gasteiger partial charge in [0.05, 0.1) is 28.5 Å². The largest absolute Gasteiger partial charge is 0.478 e. The molecule has 0 radical (unpaired) electrons. The van der Waals surface area contributed by atoms with E-state index < -0.39 is 5.97 Å². The second-order valence-corrected chi connectivity index (χ2v) is 6.16. The van der Waals surface area contributed by atoms with Crippen molar-refractivity contribution in [3.05, 3.63) is 44.3 Å². The van der Waals surface area contributed by atoms with Crippen LogP contribution in [0.15, 0.2) is 28.1 Å². The van der Waals surface area contributed by atoms with Gasteiger partial charge in [-0.1, -0.05) is 15.9 Å². The van der Waals surface area contributed by atoms with E-state index in [-0.39, 0.29) is 5.56 Å². The quantitative estimate of drug-likeness (QED) is 0.924. The van der Waals surface area contributed by atoms with Crippen molar-refractivity contribution in [2.45, 2.75) is 13.5 Å². The third kappa shape index (κ3) is 3.33. The number of hydrogen-bond acceptors (Lipinski definition) is 4. The normalized spacial score (nSPS) is 10.5. The van der Waals surface area contributed by atoms with Crippen molar-refractivity contribution in [3.8, 4) is 0 Å². The zero-order chi connectivity index (χ0) is 14.0. The minimum absolute atomic E-state index is 0.281. The number of carboxylic acids is 1. The van der Waals surface area contributed by atoms with Crippen molar-refractivity contribution in [2.24, 2.45) is 0 Å². The van der Waals surface area contributed by atoms with E-state index in [2.05, 4.69) is 20.9 Å². The minimum atomic E-state index is -0.933. The van der Waals surface area contributed by atoms with Crippen molar-refractivity contribution in [1.82, 2.24) is 4.98 Å². The number of hydrogen-bond donors (Lipinski definition) is 1. The molecule has 1 aromatic carbocycles. The van der Waals surface area contributed by atoms with Gasteiger partial charge in [0.25, 0.3) is 0 Å². The van der Waals surface area contributed by atoms with Crippen LogP contribution in [0.4, 0.5) is 5.69 Å². The van der Waals surface area contributed by atoms with Gasteiger partial charge in [0.1, 0.15) is 0 Å². The van der Waals surface area contributed by atoms with Crippen molar-refractivity contribution < 1.29 is 9.90 Å². The van der Waals surface area contributed by atoms with Gasteiger partial charge in [0, 0.05) is 16.9 Å². The molecule has 0 atom stereocenters. The van der Waals surface area contributed by atoms with Crippen LogP contribution in [-0.4, -0.2) is 23.1 Å². The molecular formula is C13H13BrN2O2S. The molecule has 0 aliphatic carbocycles. The summed E-state index contributed by atoms with van der Waals surface area (Å²) in [4.78, 5) is 17.6. The maximum absolute atomic E-state index is 11.3. The molecule has 6 heteroatoms. The molecule has 2 aromatic rings. The molecule has 0 bridgehead atoms. The fourth-order valence-corrected chi connectivity index (χ4v) is 2.79. The van der Waals surface area contributed by atoms with Crippen molar-refractivity contribution in [2.75, 3.05) is 11.9 Å². The van der Waals surface area contributed by atoms with Crippen LogP contribution in [0.2, 0.25) is 0 Å². The second-order valence-electron chi connectivity index (χ2n) is 4.18. The summed E-state index contributed by atoms with van der Waals surface area (Å²) < 4.78 is 0.756. The first kappa shape index (κ1) is 14.0. The molecule has 4 nitrogen and oxygen atoms in total. The molecule has 100 valence electrons. The van der Waals surface area contributed by atoms with Gasteiger partial charge in [-0.2, -0.15) is 0 Å². The Kier molecular flexibility index (Phi) is 4.21. The number of nitrogens with zero attached hydrogens (tertiary/aromatic N) is 2. The van der Waals surface area contributed by atoms with E-state index in [9.17, 15) is 9.90 Å². The van der Waals surface area contributed by atoms with Crippen LogP contribution in [0.25, 0.3) is 0 Å². The van der Waals surface area contributed by atoms with Gasteiger partial charge in [-0.15, -0.1) is 11.3 Å². The van der Waals surface area contributed by atoms with Crippen LogP contribution < -0.4 is 4.90 Å². The number of aromatic nitrogens is 1. The van der Waals surface area contributed by atoms with E-state index in [1.807, 2.05) is 30.3 Å². The van der Waals surface area contributed by atoms with Crippen LogP contribution in [0, 0.1) is 6.92 Å². The number of aromatic carboxylic acids is 1. The zero-order valence-electron chi connectivity index (χ0n) is 10.6. The number of thiazole rings is 1. The predicted octanol–water partition coefficient (Wildman–Crippen LogP) is 3.55. The Bertz CT molecular complexity index is 612. The molecule has 0 amide bonds. The van der Waals surface area contributed by atoms with E-state index in [1.54, 1.807) is 23.5 Å². The van der Waals surface area contributed by atoms with Gasteiger partial charge in [-0.25, -0.2) is 9.78 Å². The van der Waals surface area contributed by atoms with E-state index >= 15 is 0 Å². The van der Waals surface area contributed by atoms with Crippen molar-refractivity contribution >= 4 is 38.9 Å². The molecule has 1 N–H and O–H groups in total. The molecule has 0 aliphatic heterocycles. The summed E-state index contributed by atoms with van der Waals surface area (Å²) in [5.74, 6) is -0.933. The molecule has 0 spiro atoms. The average molecular weight is 341 g/mol. The van der Waals surface area contributed by atoms with Crippen LogP contribution in [-0.2, 0) is 6.54 Å². The fourth-order valence-electron chi connectivity index (χ4n) is 1.82. The predicted molar refractivity (Wildman–Crippen MR) is 80.1 cm³/mol. The molecule has 19 heavy (non-hydrogen) atoms. The van der Waals surface area contributed by atoms with Crippen LogP contribution in [0.1, 0.15) is 21.1 Å². The fraction of sp³-hybridized carbons (Fsp3) is 0.231. The molecule has 0 fully saturated rings. The molecule has 1 heterocycles. The average Bonchev–Trinajstić information content (AvgIpc) is 2.74. The zero-order valence-corrected chi connectivity index (χ0v) is 13.0. The molecule has 0 saturated heterocycles. The van der Waals surface area contributed by atoms with E-state index in [0.717, 1.165) is 15.2 Å². The summed E-state index contributed by atoms with van der Waals surface area (Å²) in [5.41, 5.74) is 1.91. The first-order valence-corrected chi connectivity index (χ1v) is 7.29. The minimum Gasteiger partial charge on any atom is -0.478 e. The highest BCUT2D eigenvalue weighted by atomic mass is 79.9. The van der Waals surface area contributed by atoms with Crippen LogP contribution in [0.3, 0.4) is 0 Å². The number of carboxylic acid groups (broad SMARTS) is 1. The number of rotatable bonds is 4. The summed E-state index contributed by atoms with van der Waals surface area (Å²) in [5, 5.41) is 12.3. The van der Waals surface area contributed by atoms with E-state index in [1.165, 1.54) is 0 Å². The highest BCUT2D eigenvalue weighted by molar-refractivity contribution is 9.10. The Morgan fingerprint density at radius 1 is 1.53 bits per heavy atom. The van der Waals surface area contributed by atoms with Crippen molar-refractivity contribution in [1.29, 1.82) is 0 Å². The summed E-state index contributed by atoms with van der Waals surface area (Å²) in [6.45, 7) is 2.54. The molecule has 1 aromatic heterocycles. The lowest BCUT2D eigenvalue weighted by molar-refractivity contribution is 0.0697. The standard InChI is InChI=1S/C13H13BrN2O2S/c1-8-15-10(7-19-8)6-16(2)12-4-3-9(14)5-11(12)13(17)18/h3-5,7H,6H2,1-2H3,(H,17,18). The Balaban J connectivity index is 2.28. The van der Waals surface area contributed by atoms with Gasteiger partial charge in [-0.3, -0.25) is 0 Å². The van der Waals surface area contributed by atoms with Crippen LogP contribution >= 0.6 is 27.3 Å². The van der Waals surface area contributed by atoms with Gasteiger partial charge in [0.15, 0.2) is 0 Å². The Morgan fingerprint density at radius 2 is 2.26 bits per heavy atom. The Morgan fingerprint density at radius 3 is 2.84 bits per heavy atom.